The van der Waals surface area contributed by atoms with Crippen LogP contribution in [0.1, 0.15) is 31.1 Å². The van der Waals surface area contributed by atoms with Crippen LogP contribution in [0.2, 0.25) is 0 Å². The lowest BCUT2D eigenvalue weighted by molar-refractivity contribution is -0.116. The van der Waals surface area contributed by atoms with Crippen LogP contribution in [0.4, 0.5) is 11.4 Å². The van der Waals surface area contributed by atoms with Crippen LogP contribution in [0, 0.1) is 5.92 Å². The van der Waals surface area contributed by atoms with Crippen LogP contribution >= 0.6 is 0 Å². The summed E-state index contributed by atoms with van der Waals surface area (Å²) in [5, 5.41) is 2.84. The van der Waals surface area contributed by atoms with Crippen molar-refractivity contribution in [1.82, 2.24) is 0 Å². The van der Waals surface area contributed by atoms with Crippen LogP contribution in [0.25, 0.3) is 0 Å². The number of rotatable bonds is 6. The molecular formula is C20H24N2O3. The third kappa shape index (κ3) is 5.35. The van der Waals surface area contributed by atoms with E-state index >= 15 is 0 Å². The van der Waals surface area contributed by atoms with Gasteiger partial charge in [0.25, 0.3) is 5.91 Å². The topological polar surface area (TPSA) is 58.6 Å². The Morgan fingerprint density at radius 2 is 1.64 bits per heavy atom. The largest absolute Gasteiger partial charge is 0.493 e. The van der Waals surface area contributed by atoms with Gasteiger partial charge in [-0.1, -0.05) is 13.8 Å². The summed E-state index contributed by atoms with van der Waals surface area (Å²) < 4.78 is 5.61. The zero-order valence-electron chi connectivity index (χ0n) is 15.1. The average Bonchev–Trinajstić information content (AvgIpc) is 2.60. The van der Waals surface area contributed by atoms with Crippen molar-refractivity contribution in [1.29, 1.82) is 0 Å². The molecule has 2 rings (SSSR count). The van der Waals surface area contributed by atoms with Gasteiger partial charge in [-0.3, -0.25) is 9.59 Å². The van der Waals surface area contributed by atoms with Gasteiger partial charge in [0.15, 0.2) is 0 Å². The maximum atomic E-state index is 12.3. The lowest BCUT2D eigenvalue weighted by atomic mass is 10.2. The molecule has 0 saturated heterocycles. The summed E-state index contributed by atoms with van der Waals surface area (Å²) in [6, 6.07) is 14.2. The summed E-state index contributed by atoms with van der Waals surface area (Å²) in [6.07, 6.45) is 0. The van der Waals surface area contributed by atoms with Crippen LogP contribution in [0.15, 0.2) is 48.5 Å². The molecule has 0 bridgehead atoms. The number of nitrogens with one attached hydrogen (secondary N) is 1. The second-order valence-corrected chi connectivity index (χ2v) is 6.31. The van der Waals surface area contributed by atoms with Crippen LogP contribution in [-0.2, 0) is 4.79 Å². The third-order valence-electron chi connectivity index (χ3n) is 3.68. The number of benzene rings is 2. The quantitative estimate of drug-likeness (QED) is 0.866. The van der Waals surface area contributed by atoms with Crippen LogP contribution in [0.3, 0.4) is 0 Å². The van der Waals surface area contributed by atoms with Crippen molar-refractivity contribution in [2.45, 2.75) is 20.8 Å². The molecule has 2 amide bonds. The summed E-state index contributed by atoms with van der Waals surface area (Å²) in [4.78, 5) is 25.2. The average molecular weight is 340 g/mol. The molecule has 132 valence electrons. The number of ether oxygens (including phenoxy) is 1. The Morgan fingerprint density at radius 3 is 2.16 bits per heavy atom. The minimum absolute atomic E-state index is 0.0449. The molecular weight excluding hydrogens is 316 g/mol. The molecule has 0 atom stereocenters. The number of nitrogens with zero attached hydrogens (tertiary/aromatic N) is 1. The van der Waals surface area contributed by atoms with E-state index in [1.165, 1.54) is 6.92 Å². The number of carbonyl (C=O) groups excluding carboxylic acids is 2. The summed E-state index contributed by atoms with van der Waals surface area (Å²) in [7, 11) is 1.71. The van der Waals surface area contributed by atoms with E-state index in [2.05, 4.69) is 19.2 Å². The van der Waals surface area contributed by atoms with Gasteiger partial charge < -0.3 is 15.0 Å². The second kappa shape index (κ2) is 8.33. The number of anilines is 2. The van der Waals surface area contributed by atoms with E-state index in [1.807, 2.05) is 0 Å². The van der Waals surface area contributed by atoms with Gasteiger partial charge >= 0.3 is 0 Å². The fourth-order valence-corrected chi connectivity index (χ4v) is 2.12. The highest BCUT2D eigenvalue weighted by Gasteiger charge is 2.08. The predicted octanol–water partition coefficient (Wildman–Crippen LogP) is 3.96. The Hall–Kier alpha value is -2.82. The van der Waals surface area contributed by atoms with E-state index in [1.54, 1.807) is 60.5 Å². The molecule has 1 N–H and O–H groups in total. The molecule has 0 heterocycles. The number of amides is 2. The molecule has 0 aliphatic carbocycles. The molecule has 5 nitrogen and oxygen atoms in total. The maximum Gasteiger partial charge on any atom is 0.255 e. The molecule has 25 heavy (non-hydrogen) atoms. The summed E-state index contributed by atoms with van der Waals surface area (Å²) >= 11 is 0. The number of hydrogen-bond acceptors (Lipinski definition) is 3. The lowest BCUT2D eigenvalue weighted by Crippen LogP contribution is -2.22. The molecule has 2 aromatic rings. The fourth-order valence-electron chi connectivity index (χ4n) is 2.12. The monoisotopic (exact) mass is 340 g/mol. The van der Waals surface area contributed by atoms with E-state index in [4.69, 9.17) is 4.74 Å². The van der Waals surface area contributed by atoms with Crippen LogP contribution < -0.4 is 15.0 Å². The van der Waals surface area contributed by atoms with Gasteiger partial charge in [-0.15, -0.1) is 0 Å². The molecule has 0 unspecified atom stereocenters. The van der Waals surface area contributed by atoms with Gasteiger partial charge in [-0.25, -0.2) is 0 Å². The molecule has 2 aromatic carbocycles. The van der Waals surface area contributed by atoms with Gasteiger partial charge in [0.2, 0.25) is 5.91 Å². The van der Waals surface area contributed by atoms with E-state index in [-0.39, 0.29) is 11.8 Å². The minimum atomic E-state index is -0.192. The Bertz CT molecular complexity index is 722. The number of hydrogen-bond donors (Lipinski definition) is 1. The Labute approximate surface area is 148 Å². The van der Waals surface area contributed by atoms with E-state index in [9.17, 15) is 9.59 Å². The molecule has 0 fully saturated rings. The van der Waals surface area contributed by atoms with Crippen molar-refractivity contribution in [2.24, 2.45) is 5.92 Å². The van der Waals surface area contributed by atoms with Gasteiger partial charge in [0.05, 0.1) is 6.61 Å². The van der Waals surface area contributed by atoms with Gasteiger partial charge in [0.1, 0.15) is 5.75 Å². The Morgan fingerprint density at radius 1 is 1.04 bits per heavy atom. The van der Waals surface area contributed by atoms with Crippen molar-refractivity contribution in [3.05, 3.63) is 54.1 Å². The molecule has 0 saturated carbocycles. The number of carbonyl (C=O) groups is 2. The molecule has 0 aliphatic heterocycles. The zero-order valence-corrected chi connectivity index (χ0v) is 15.1. The van der Waals surface area contributed by atoms with Crippen molar-refractivity contribution in [3.8, 4) is 5.75 Å². The lowest BCUT2D eigenvalue weighted by Gasteiger charge is -2.15. The van der Waals surface area contributed by atoms with Crippen molar-refractivity contribution < 1.29 is 14.3 Å². The molecule has 0 radical (unpaired) electrons. The van der Waals surface area contributed by atoms with E-state index < -0.39 is 0 Å². The SMILES string of the molecule is CC(=O)N(C)c1ccc(NC(=O)c2ccc(OCC(C)C)cc2)cc1. The maximum absolute atomic E-state index is 12.3. The third-order valence-corrected chi connectivity index (χ3v) is 3.68. The first-order chi connectivity index (χ1) is 11.9. The predicted molar refractivity (Wildman–Crippen MR) is 100 cm³/mol. The molecule has 0 aromatic heterocycles. The summed E-state index contributed by atoms with van der Waals surface area (Å²) in [5.74, 6) is 0.967. The second-order valence-electron chi connectivity index (χ2n) is 6.31. The Kier molecular flexibility index (Phi) is 6.17. The zero-order chi connectivity index (χ0) is 18.4. The van der Waals surface area contributed by atoms with Crippen LogP contribution in [-0.4, -0.2) is 25.5 Å². The van der Waals surface area contributed by atoms with Crippen molar-refractivity contribution >= 4 is 23.2 Å². The highest BCUT2D eigenvalue weighted by atomic mass is 16.5. The first-order valence-electron chi connectivity index (χ1n) is 8.25. The standard InChI is InChI=1S/C20H24N2O3/c1-14(2)13-25-19-11-5-16(6-12-19)20(24)21-17-7-9-18(10-8-17)22(4)15(3)23/h5-12,14H,13H2,1-4H3,(H,21,24). The summed E-state index contributed by atoms with van der Waals surface area (Å²) in [5.41, 5.74) is 2.00. The molecule has 0 aliphatic rings. The first-order valence-corrected chi connectivity index (χ1v) is 8.25. The first kappa shape index (κ1) is 18.5. The van der Waals surface area contributed by atoms with Crippen LogP contribution in [0.5, 0.6) is 5.75 Å². The van der Waals surface area contributed by atoms with E-state index in [0.29, 0.717) is 23.8 Å². The van der Waals surface area contributed by atoms with Crippen molar-refractivity contribution in [2.75, 3.05) is 23.9 Å². The fraction of sp³-hybridized carbons (Fsp3) is 0.300. The minimum Gasteiger partial charge on any atom is -0.493 e. The molecule has 0 spiro atoms. The highest BCUT2D eigenvalue weighted by Crippen LogP contribution is 2.18. The van der Waals surface area contributed by atoms with E-state index in [0.717, 1.165) is 11.4 Å². The normalized spacial score (nSPS) is 10.4. The van der Waals surface area contributed by atoms with Gasteiger partial charge in [-0.05, 0) is 54.4 Å². The summed E-state index contributed by atoms with van der Waals surface area (Å²) in [6.45, 7) is 6.32. The van der Waals surface area contributed by atoms with Crippen molar-refractivity contribution in [3.63, 3.8) is 0 Å². The molecule has 5 heteroatoms. The Balaban J connectivity index is 1.98. The van der Waals surface area contributed by atoms with Gasteiger partial charge in [0, 0.05) is 30.9 Å². The van der Waals surface area contributed by atoms with Gasteiger partial charge in [-0.2, -0.15) is 0 Å². The smallest absolute Gasteiger partial charge is 0.255 e. The highest BCUT2D eigenvalue weighted by molar-refractivity contribution is 6.04.